The Morgan fingerprint density at radius 2 is 1.80 bits per heavy atom. The average molecular weight is 583 g/mol. The number of aromatic nitrogens is 1. The van der Waals surface area contributed by atoms with Crippen molar-refractivity contribution in [3.05, 3.63) is 59.9 Å². The van der Waals surface area contributed by atoms with E-state index in [0.717, 1.165) is 30.7 Å². The molecule has 11 heteroatoms. The van der Waals surface area contributed by atoms with Crippen LogP contribution in [0.3, 0.4) is 0 Å². The molecule has 1 saturated heterocycles. The van der Waals surface area contributed by atoms with Crippen molar-refractivity contribution in [3.63, 3.8) is 0 Å². The number of halogens is 2. The molecule has 0 bridgehead atoms. The molecule has 2 aliphatic rings. The van der Waals surface area contributed by atoms with Crippen LogP contribution in [0.5, 0.6) is 0 Å². The minimum atomic E-state index is -3.12. The molecule has 2 aromatic carbocycles. The number of benzene rings is 2. The number of hydrogen-bond donors (Lipinski definition) is 1. The molecule has 5 rings (SSSR count). The van der Waals surface area contributed by atoms with Crippen molar-refractivity contribution in [2.45, 2.75) is 51.0 Å². The summed E-state index contributed by atoms with van der Waals surface area (Å²) in [5, 5.41) is 12.3. The zero-order chi connectivity index (χ0) is 29.4. The number of oxazole rings is 1. The number of anilines is 1. The van der Waals surface area contributed by atoms with Gasteiger partial charge in [0, 0.05) is 42.2 Å². The molecule has 0 radical (unpaired) electrons. The first kappa shape index (κ1) is 28.7. The molecule has 2 fully saturated rings. The molecule has 1 N–H and O–H groups in total. The van der Waals surface area contributed by atoms with E-state index >= 15 is 0 Å². The lowest BCUT2D eigenvalue weighted by Crippen LogP contribution is -2.46. The molecule has 1 aromatic heterocycles. The topological polar surface area (TPSA) is 116 Å². The number of amides is 1. The highest BCUT2D eigenvalue weighted by atomic mass is 32.2. The maximum atomic E-state index is 14.9. The van der Waals surface area contributed by atoms with E-state index in [0.29, 0.717) is 42.9 Å². The van der Waals surface area contributed by atoms with Crippen LogP contribution in [0.15, 0.2) is 46.9 Å². The molecule has 1 saturated carbocycles. The van der Waals surface area contributed by atoms with Crippen molar-refractivity contribution in [1.29, 1.82) is 5.26 Å². The van der Waals surface area contributed by atoms with E-state index in [-0.39, 0.29) is 28.9 Å². The summed E-state index contributed by atoms with van der Waals surface area (Å²) in [6, 6.07) is 12.7. The van der Waals surface area contributed by atoms with Crippen LogP contribution in [-0.4, -0.2) is 49.4 Å². The second-order valence-electron chi connectivity index (χ2n) is 11.2. The Morgan fingerprint density at radius 3 is 2.51 bits per heavy atom. The third-order valence-electron chi connectivity index (χ3n) is 7.81. The fourth-order valence-corrected chi connectivity index (χ4v) is 6.85. The largest absolute Gasteiger partial charge is 0.440 e. The number of para-hydroxylation sites is 1. The average Bonchev–Trinajstić information content (AvgIpc) is 3.37. The van der Waals surface area contributed by atoms with Gasteiger partial charge >= 0.3 is 0 Å². The van der Waals surface area contributed by atoms with Gasteiger partial charge in [0.15, 0.2) is 9.84 Å². The Bertz CT molecular complexity index is 1600. The van der Waals surface area contributed by atoms with E-state index in [1.165, 1.54) is 6.07 Å². The maximum Gasteiger partial charge on any atom is 0.229 e. The van der Waals surface area contributed by atoms with E-state index in [1.54, 1.807) is 13.8 Å². The van der Waals surface area contributed by atoms with Gasteiger partial charge in [-0.3, -0.25) is 4.79 Å². The number of sulfone groups is 1. The number of nitrogens with one attached hydrogen (secondary N) is 1. The van der Waals surface area contributed by atoms with Gasteiger partial charge in [0.05, 0.1) is 23.1 Å². The lowest BCUT2D eigenvalue weighted by Gasteiger charge is -2.32. The highest BCUT2D eigenvalue weighted by molar-refractivity contribution is 7.91. The van der Waals surface area contributed by atoms with E-state index in [9.17, 15) is 27.3 Å². The summed E-state index contributed by atoms with van der Waals surface area (Å²) >= 11 is 0. The molecule has 1 amide bonds. The van der Waals surface area contributed by atoms with Gasteiger partial charge in [0.2, 0.25) is 11.8 Å². The molecule has 0 spiro atoms. The molecule has 2 heterocycles. The van der Waals surface area contributed by atoms with Crippen LogP contribution in [-0.2, 0) is 14.6 Å². The van der Waals surface area contributed by atoms with Crippen molar-refractivity contribution in [2.24, 2.45) is 5.92 Å². The maximum absolute atomic E-state index is 14.9. The number of carbonyl (C=O) groups is 1. The first-order chi connectivity index (χ1) is 19.5. The lowest BCUT2D eigenvalue weighted by molar-refractivity contribution is -0.127. The van der Waals surface area contributed by atoms with Crippen LogP contribution < -0.4 is 10.2 Å². The molecule has 41 heavy (non-hydrogen) atoms. The molecule has 8 nitrogen and oxygen atoms in total. The van der Waals surface area contributed by atoms with E-state index in [2.05, 4.69) is 11.4 Å². The van der Waals surface area contributed by atoms with Crippen molar-refractivity contribution in [2.75, 3.05) is 29.5 Å². The van der Waals surface area contributed by atoms with Crippen molar-refractivity contribution < 1.29 is 26.4 Å². The summed E-state index contributed by atoms with van der Waals surface area (Å²) in [5.74, 6) is -2.32. The minimum absolute atomic E-state index is 0.0112. The van der Waals surface area contributed by atoms with Crippen molar-refractivity contribution in [3.8, 4) is 28.8 Å². The fraction of sp³-hybridized carbons (Fsp3) is 0.433. The van der Waals surface area contributed by atoms with Gasteiger partial charge in [-0.1, -0.05) is 31.0 Å². The Kier molecular flexibility index (Phi) is 7.88. The fourth-order valence-electron chi connectivity index (χ4n) is 5.64. The van der Waals surface area contributed by atoms with Gasteiger partial charge in [-0.2, -0.15) is 5.26 Å². The smallest absolute Gasteiger partial charge is 0.229 e. The summed E-state index contributed by atoms with van der Waals surface area (Å²) in [7, 11) is -3.12. The quantitative estimate of drug-likeness (QED) is 0.424. The minimum Gasteiger partial charge on any atom is -0.440 e. The summed E-state index contributed by atoms with van der Waals surface area (Å²) in [6.07, 6.45) is 2.85. The summed E-state index contributed by atoms with van der Waals surface area (Å²) in [4.78, 5) is 20.2. The van der Waals surface area contributed by atoms with Gasteiger partial charge < -0.3 is 14.6 Å². The first-order valence-electron chi connectivity index (χ1n) is 13.7. The van der Waals surface area contributed by atoms with Gasteiger partial charge in [0.1, 0.15) is 28.6 Å². The second kappa shape index (κ2) is 11.2. The van der Waals surface area contributed by atoms with Gasteiger partial charge in [-0.25, -0.2) is 22.2 Å². The molecule has 0 unspecified atom stereocenters. The molecular weight excluding hydrogens is 550 g/mol. The van der Waals surface area contributed by atoms with Crippen LogP contribution in [0, 0.1) is 28.9 Å². The lowest BCUT2D eigenvalue weighted by atomic mass is 9.76. The highest BCUT2D eigenvalue weighted by Gasteiger charge is 2.39. The summed E-state index contributed by atoms with van der Waals surface area (Å²) in [5.41, 5.74) is 0.777. The van der Waals surface area contributed by atoms with Crippen molar-refractivity contribution >= 4 is 21.4 Å². The Hall–Kier alpha value is -3.78. The number of nitrogens with zero attached hydrogens (tertiary/aromatic N) is 3. The van der Waals surface area contributed by atoms with Gasteiger partial charge in [0.25, 0.3) is 0 Å². The molecular formula is C30H32F2N4O4S. The summed E-state index contributed by atoms with van der Waals surface area (Å²) in [6.45, 7) is 3.88. The molecule has 1 aliphatic carbocycles. The van der Waals surface area contributed by atoms with Crippen LogP contribution in [0.1, 0.15) is 51.2 Å². The second-order valence-corrected chi connectivity index (χ2v) is 13.5. The number of carbonyl (C=O) groups excluding carboxylic acids is 1. The monoisotopic (exact) mass is 582 g/mol. The van der Waals surface area contributed by atoms with Crippen molar-refractivity contribution in [1.82, 2.24) is 10.3 Å². The number of rotatable bonds is 6. The normalized spacial score (nSPS) is 20.8. The predicted octanol–water partition coefficient (Wildman–Crippen LogP) is 5.21. The van der Waals surface area contributed by atoms with Crippen LogP contribution in [0.25, 0.3) is 22.7 Å². The summed E-state index contributed by atoms with van der Waals surface area (Å²) < 4.78 is 59.1. The zero-order valence-corrected chi connectivity index (χ0v) is 23.8. The Labute approximate surface area is 238 Å². The van der Waals surface area contributed by atoms with E-state index in [1.807, 2.05) is 29.2 Å². The molecule has 2 atom stereocenters. The SMILES string of the molecule is CC(C)(C#N)NC(=O)[C@@H]1CCCC[C@H]1c1oc(-c2ccc(F)cc2F)nc1-c1ccccc1N1CCS(=O)(=O)CC1. The molecule has 216 valence electrons. The first-order valence-corrected chi connectivity index (χ1v) is 15.5. The number of nitriles is 1. The molecule has 1 aliphatic heterocycles. The Morgan fingerprint density at radius 1 is 1.10 bits per heavy atom. The standard InChI is InChI=1S/C30H32F2N4O4S/c1-30(2,18-33)35-28(37)21-8-4-3-7-20(21)27-26(34-29(40-27)22-12-11-19(31)17-24(22)32)23-9-5-6-10-25(23)36-13-15-41(38,39)16-14-36/h5-6,9-12,17,20-21H,3-4,7-8,13-16H2,1-2H3,(H,35,37)/t20-,21-/m1/s1. The highest BCUT2D eigenvalue weighted by Crippen LogP contribution is 2.46. The van der Waals surface area contributed by atoms with Crippen LogP contribution >= 0.6 is 0 Å². The molecule has 3 aromatic rings. The van der Waals surface area contributed by atoms with Crippen LogP contribution in [0.2, 0.25) is 0 Å². The van der Waals surface area contributed by atoms with Gasteiger partial charge in [-0.15, -0.1) is 0 Å². The Balaban J connectivity index is 1.63. The number of hydrogen-bond acceptors (Lipinski definition) is 7. The van der Waals surface area contributed by atoms with E-state index in [4.69, 9.17) is 9.40 Å². The third-order valence-corrected chi connectivity index (χ3v) is 9.42. The van der Waals surface area contributed by atoms with Gasteiger partial charge in [-0.05, 0) is 44.9 Å². The zero-order valence-electron chi connectivity index (χ0n) is 23.0. The van der Waals surface area contributed by atoms with Crippen LogP contribution in [0.4, 0.5) is 14.5 Å². The third kappa shape index (κ3) is 6.12. The van der Waals surface area contributed by atoms with E-state index < -0.39 is 38.8 Å². The predicted molar refractivity (Wildman–Crippen MR) is 151 cm³/mol.